The van der Waals surface area contributed by atoms with Crippen molar-refractivity contribution in [3.63, 3.8) is 0 Å². The van der Waals surface area contributed by atoms with Gasteiger partial charge in [0.2, 0.25) is 0 Å². The van der Waals surface area contributed by atoms with Gasteiger partial charge in [-0.2, -0.15) is 13.2 Å². The number of amides is 1. The van der Waals surface area contributed by atoms with Gasteiger partial charge in [0.1, 0.15) is 5.75 Å². The van der Waals surface area contributed by atoms with Crippen LogP contribution in [0.1, 0.15) is 10.4 Å². The van der Waals surface area contributed by atoms with E-state index in [1.54, 1.807) is 5.48 Å². The van der Waals surface area contributed by atoms with Crippen molar-refractivity contribution in [3.8, 4) is 5.75 Å². The molecule has 0 aliphatic carbocycles. The van der Waals surface area contributed by atoms with Crippen LogP contribution >= 0.6 is 0 Å². The van der Waals surface area contributed by atoms with Gasteiger partial charge in [0, 0.05) is 5.56 Å². The molecule has 2 N–H and O–H groups in total. The number of benzene rings is 1. The fraction of sp³-hybridized carbons (Fsp3) is 0.222. The first-order chi connectivity index (χ1) is 7.38. The van der Waals surface area contributed by atoms with Gasteiger partial charge in [0.15, 0.2) is 6.61 Å². The van der Waals surface area contributed by atoms with Gasteiger partial charge in [-0.15, -0.1) is 0 Å². The van der Waals surface area contributed by atoms with E-state index in [0.717, 1.165) is 0 Å². The molecule has 88 valence electrons. The maximum absolute atomic E-state index is 11.7. The number of hydroxylamine groups is 1. The Morgan fingerprint density at radius 3 is 2.38 bits per heavy atom. The molecule has 0 unspecified atom stereocenters. The van der Waals surface area contributed by atoms with E-state index in [0.29, 0.717) is 0 Å². The Morgan fingerprint density at radius 2 is 1.88 bits per heavy atom. The fourth-order valence-corrected chi connectivity index (χ4v) is 0.855. The average Bonchev–Trinajstić information content (AvgIpc) is 2.16. The molecular weight excluding hydrogens is 227 g/mol. The average molecular weight is 235 g/mol. The van der Waals surface area contributed by atoms with E-state index in [4.69, 9.17) is 5.11 Å². The van der Waals surface area contributed by atoms with Crippen LogP contribution in [-0.2, 0) is 4.84 Å². The zero-order chi connectivity index (χ0) is 12.2. The van der Waals surface area contributed by atoms with Crippen LogP contribution in [0.2, 0.25) is 0 Å². The normalized spacial score (nSPS) is 11.2. The van der Waals surface area contributed by atoms with Crippen LogP contribution in [0.4, 0.5) is 13.2 Å². The molecule has 7 heteroatoms. The van der Waals surface area contributed by atoms with Gasteiger partial charge >= 0.3 is 6.18 Å². The van der Waals surface area contributed by atoms with Crippen molar-refractivity contribution in [2.45, 2.75) is 6.18 Å². The number of aromatic hydroxyl groups is 1. The topological polar surface area (TPSA) is 58.6 Å². The van der Waals surface area contributed by atoms with Crippen LogP contribution in [0.15, 0.2) is 24.3 Å². The zero-order valence-electron chi connectivity index (χ0n) is 7.91. The Kier molecular flexibility index (Phi) is 3.73. The lowest BCUT2D eigenvalue weighted by molar-refractivity contribution is -0.184. The van der Waals surface area contributed by atoms with Crippen molar-refractivity contribution >= 4 is 5.91 Å². The second-order valence-corrected chi connectivity index (χ2v) is 2.88. The highest BCUT2D eigenvalue weighted by Crippen LogP contribution is 2.14. The van der Waals surface area contributed by atoms with E-state index >= 15 is 0 Å². The lowest BCUT2D eigenvalue weighted by atomic mass is 10.2. The van der Waals surface area contributed by atoms with Crippen molar-refractivity contribution in [2.75, 3.05) is 6.61 Å². The van der Waals surface area contributed by atoms with Crippen molar-refractivity contribution in [1.29, 1.82) is 0 Å². The number of carbonyl (C=O) groups is 1. The maximum atomic E-state index is 11.7. The predicted octanol–water partition coefficient (Wildman–Crippen LogP) is 1.62. The van der Waals surface area contributed by atoms with Crippen LogP contribution < -0.4 is 5.48 Å². The summed E-state index contributed by atoms with van der Waals surface area (Å²) in [6.07, 6.45) is -4.50. The van der Waals surface area contributed by atoms with E-state index in [9.17, 15) is 18.0 Å². The molecule has 0 radical (unpaired) electrons. The molecule has 0 heterocycles. The first kappa shape index (κ1) is 12.3. The number of hydrogen-bond acceptors (Lipinski definition) is 3. The Labute approximate surface area is 88.6 Å². The minimum atomic E-state index is -4.50. The summed E-state index contributed by atoms with van der Waals surface area (Å²) < 4.78 is 35.0. The SMILES string of the molecule is O=C(NOCC(F)(F)F)c1ccc(O)cc1. The molecule has 1 rings (SSSR count). The number of nitrogens with one attached hydrogen (secondary N) is 1. The minimum Gasteiger partial charge on any atom is -0.508 e. The molecule has 0 aliphatic heterocycles. The molecule has 0 fully saturated rings. The number of carbonyl (C=O) groups excluding carboxylic acids is 1. The van der Waals surface area contributed by atoms with Crippen molar-refractivity contribution in [2.24, 2.45) is 0 Å². The van der Waals surface area contributed by atoms with Crippen molar-refractivity contribution in [1.82, 2.24) is 5.48 Å². The number of halogens is 3. The highest BCUT2D eigenvalue weighted by atomic mass is 19.4. The summed E-state index contributed by atoms with van der Waals surface area (Å²) in [5, 5.41) is 8.91. The third-order valence-electron chi connectivity index (χ3n) is 1.53. The second kappa shape index (κ2) is 4.84. The summed E-state index contributed by atoms with van der Waals surface area (Å²) in [4.78, 5) is 15.1. The number of rotatable bonds is 3. The van der Waals surface area contributed by atoms with Crippen LogP contribution in [0.5, 0.6) is 5.75 Å². The second-order valence-electron chi connectivity index (χ2n) is 2.88. The van der Waals surface area contributed by atoms with Gasteiger partial charge in [-0.05, 0) is 24.3 Å². The van der Waals surface area contributed by atoms with E-state index < -0.39 is 18.7 Å². The molecular formula is C9H8F3NO3. The number of phenolic OH excluding ortho intramolecular Hbond substituents is 1. The summed E-state index contributed by atoms with van der Waals surface area (Å²) in [7, 11) is 0. The Morgan fingerprint density at radius 1 is 1.31 bits per heavy atom. The Balaban J connectivity index is 2.44. The van der Waals surface area contributed by atoms with Gasteiger partial charge in [0.05, 0.1) is 0 Å². The summed E-state index contributed by atoms with van der Waals surface area (Å²) in [6, 6.07) is 4.97. The molecule has 0 atom stereocenters. The van der Waals surface area contributed by atoms with Gasteiger partial charge in [-0.1, -0.05) is 0 Å². The third-order valence-corrected chi connectivity index (χ3v) is 1.53. The van der Waals surface area contributed by atoms with E-state index in [1.165, 1.54) is 24.3 Å². The smallest absolute Gasteiger partial charge is 0.414 e. The lowest BCUT2D eigenvalue weighted by Gasteiger charge is -2.08. The molecule has 0 bridgehead atoms. The first-order valence-electron chi connectivity index (χ1n) is 4.16. The zero-order valence-corrected chi connectivity index (χ0v) is 7.91. The monoisotopic (exact) mass is 235 g/mol. The lowest BCUT2D eigenvalue weighted by Crippen LogP contribution is -2.29. The summed E-state index contributed by atoms with van der Waals surface area (Å²) >= 11 is 0. The van der Waals surface area contributed by atoms with Gasteiger partial charge < -0.3 is 5.11 Å². The highest BCUT2D eigenvalue weighted by molar-refractivity contribution is 5.93. The van der Waals surface area contributed by atoms with Gasteiger partial charge in [0.25, 0.3) is 5.91 Å². The number of alkyl halides is 3. The standard InChI is InChI=1S/C9H8F3NO3/c10-9(11,12)5-16-13-8(15)6-1-3-7(14)4-2-6/h1-4,14H,5H2,(H,13,15). The molecule has 1 aromatic carbocycles. The highest BCUT2D eigenvalue weighted by Gasteiger charge is 2.28. The Hall–Kier alpha value is -1.76. The Bertz CT molecular complexity index is 361. The van der Waals surface area contributed by atoms with Gasteiger partial charge in [-0.3, -0.25) is 9.63 Å². The quantitative estimate of drug-likeness (QED) is 0.782. The summed E-state index contributed by atoms with van der Waals surface area (Å²) in [5.74, 6) is -0.864. The van der Waals surface area contributed by atoms with Gasteiger partial charge in [-0.25, -0.2) is 5.48 Å². The molecule has 0 aromatic heterocycles. The predicted molar refractivity (Wildman–Crippen MR) is 47.6 cm³/mol. The fourth-order valence-electron chi connectivity index (χ4n) is 0.855. The van der Waals surface area contributed by atoms with E-state index in [-0.39, 0.29) is 11.3 Å². The summed E-state index contributed by atoms with van der Waals surface area (Å²) in [6.45, 7) is -1.56. The van der Waals surface area contributed by atoms with Crippen molar-refractivity contribution < 1.29 is 27.9 Å². The molecule has 1 amide bonds. The van der Waals surface area contributed by atoms with E-state index in [1.807, 2.05) is 0 Å². The van der Waals surface area contributed by atoms with Crippen molar-refractivity contribution in [3.05, 3.63) is 29.8 Å². The molecule has 0 spiro atoms. The van der Waals surface area contributed by atoms with E-state index in [2.05, 4.69) is 4.84 Å². The molecule has 0 aliphatic rings. The van der Waals surface area contributed by atoms with Crippen LogP contribution in [0.3, 0.4) is 0 Å². The summed E-state index contributed by atoms with van der Waals surface area (Å²) in [5.41, 5.74) is 1.72. The van der Waals surface area contributed by atoms with Crippen LogP contribution in [0.25, 0.3) is 0 Å². The van der Waals surface area contributed by atoms with Crippen LogP contribution in [0, 0.1) is 0 Å². The largest absolute Gasteiger partial charge is 0.508 e. The number of hydrogen-bond donors (Lipinski definition) is 2. The number of phenols is 1. The molecule has 4 nitrogen and oxygen atoms in total. The molecule has 16 heavy (non-hydrogen) atoms. The first-order valence-corrected chi connectivity index (χ1v) is 4.16. The third kappa shape index (κ3) is 4.18. The van der Waals surface area contributed by atoms with Crippen LogP contribution in [-0.4, -0.2) is 23.8 Å². The minimum absolute atomic E-state index is 0.0484. The molecule has 0 saturated heterocycles. The molecule has 0 saturated carbocycles. The molecule has 1 aromatic rings. The maximum Gasteiger partial charge on any atom is 0.414 e.